The van der Waals surface area contributed by atoms with Crippen LogP contribution in [0, 0.1) is 0 Å². The van der Waals surface area contributed by atoms with Gasteiger partial charge in [0.2, 0.25) is 0 Å². The molecule has 0 unspecified atom stereocenters. The van der Waals surface area contributed by atoms with Crippen LogP contribution in [0.2, 0.25) is 0 Å². The Labute approximate surface area is 85.2 Å². The highest BCUT2D eigenvalue weighted by atomic mass is 16.4. The summed E-state index contributed by atoms with van der Waals surface area (Å²) in [5, 5.41) is 53.0. The fourth-order valence-electron chi connectivity index (χ4n) is 0.915. The molecule has 0 saturated heterocycles. The Kier molecular flexibility index (Phi) is 5.65. The lowest BCUT2D eigenvalue weighted by atomic mass is 9.98. The van der Waals surface area contributed by atoms with Gasteiger partial charge in [0, 0.05) is 0 Å². The third-order valence-corrected chi connectivity index (χ3v) is 1.94. The minimum atomic E-state index is -2.07. The summed E-state index contributed by atoms with van der Waals surface area (Å²) in [5.41, 5.74) is 5.12. The van der Waals surface area contributed by atoms with Gasteiger partial charge in [-0.2, -0.15) is 0 Å². The summed E-state index contributed by atoms with van der Waals surface area (Å²) < 4.78 is 0. The number of aliphatic hydroxyl groups is 5. The molecule has 0 aliphatic rings. The van der Waals surface area contributed by atoms with Crippen molar-refractivity contribution in [3.8, 4) is 0 Å². The lowest BCUT2D eigenvalue weighted by Crippen LogP contribution is -2.56. The number of nitrogens with two attached hydrogens (primary N) is 1. The first-order chi connectivity index (χ1) is 6.82. The molecular weight excluding hydrogens is 210 g/mol. The average Bonchev–Trinajstić information content (AvgIpc) is 2.23. The van der Waals surface area contributed by atoms with E-state index in [0.29, 0.717) is 0 Å². The molecule has 0 heterocycles. The normalized spacial score (nSPS) is 21.5. The summed E-state index contributed by atoms with van der Waals surface area (Å²) in [5.74, 6) is -1.66. The second-order valence-corrected chi connectivity index (χ2v) is 3.09. The third-order valence-electron chi connectivity index (χ3n) is 1.94. The van der Waals surface area contributed by atoms with Crippen molar-refractivity contribution in [1.29, 1.82) is 0 Å². The SMILES string of the molecule is N[C@H]([C@H](O)[C@@H](O)[C@@H](O)CO)[C@H](O)C(=O)O. The summed E-state index contributed by atoms with van der Waals surface area (Å²) in [7, 11) is 0. The number of hydrogen-bond donors (Lipinski definition) is 7. The van der Waals surface area contributed by atoms with Gasteiger partial charge in [0.25, 0.3) is 0 Å². The summed E-state index contributed by atoms with van der Waals surface area (Å²) in [6.07, 6.45) is -7.43. The molecule has 8 heteroatoms. The highest BCUT2D eigenvalue weighted by Crippen LogP contribution is 2.06. The molecule has 0 aromatic heterocycles. The Hall–Kier alpha value is -0.770. The molecule has 0 amide bonds. The average molecular weight is 225 g/mol. The number of carboxylic acid groups (broad SMARTS) is 1. The van der Waals surface area contributed by atoms with E-state index in [-0.39, 0.29) is 0 Å². The molecular formula is C7H15NO7. The highest BCUT2D eigenvalue weighted by Gasteiger charge is 2.35. The van der Waals surface area contributed by atoms with Crippen LogP contribution < -0.4 is 5.73 Å². The van der Waals surface area contributed by atoms with Crippen molar-refractivity contribution >= 4 is 5.97 Å². The van der Waals surface area contributed by atoms with E-state index in [0.717, 1.165) is 0 Å². The minimum absolute atomic E-state index is 0.825. The predicted molar refractivity (Wildman–Crippen MR) is 46.7 cm³/mol. The smallest absolute Gasteiger partial charge is 0.334 e. The second-order valence-electron chi connectivity index (χ2n) is 3.09. The monoisotopic (exact) mass is 225 g/mol. The topological polar surface area (TPSA) is 164 Å². The zero-order valence-corrected chi connectivity index (χ0v) is 7.76. The van der Waals surface area contributed by atoms with Crippen LogP contribution in [-0.4, -0.2) is 73.7 Å². The van der Waals surface area contributed by atoms with Crippen molar-refractivity contribution in [2.75, 3.05) is 6.61 Å². The zero-order valence-electron chi connectivity index (χ0n) is 7.76. The number of aliphatic carboxylic acids is 1. The summed E-state index contributed by atoms with van der Waals surface area (Å²) in [6, 6.07) is -1.67. The first-order valence-corrected chi connectivity index (χ1v) is 4.14. The lowest BCUT2D eigenvalue weighted by Gasteiger charge is -2.27. The Balaban J connectivity index is 4.42. The number of carboxylic acids is 1. The number of rotatable bonds is 6. The summed E-state index contributed by atoms with van der Waals surface area (Å²) in [4.78, 5) is 10.3. The molecule has 8 nitrogen and oxygen atoms in total. The molecule has 0 saturated carbocycles. The second kappa shape index (κ2) is 5.95. The lowest BCUT2D eigenvalue weighted by molar-refractivity contribution is -0.152. The molecule has 90 valence electrons. The van der Waals surface area contributed by atoms with Gasteiger partial charge in [-0.15, -0.1) is 0 Å². The third kappa shape index (κ3) is 3.70. The van der Waals surface area contributed by atoms with E-state index in [1.54, 1.807) is 0 Å². The van der Waals surface area contributed by atoms with Gasteiger partial charge in [-0.1, -0.05) is 0 Å². The van der Waals surface area contributed by atoms with Gasteiger partial charge in [0.05, 0.1) is 12.6 Å². The van der Waals surface area contributed by atoms with Gasteiger partial charge in [-0.25, -0.2) is 4.79 Å². The van der Waals surface area contributed by atoms with Crippen LogP contribution in [0.4, 0.5) is 0 Å². The van der Waals surface area contributed by atoms with Crippen LogP contribution in [0.3, 0.4) is 0 Å². The first kappa shape index (κ1) is 14.2. The highest BCUT2D eigenvalue weighted by molar-refractivity contribution is 5.73. The summed E-state index contributed by atoms with van der Waals surface area (Å²) in [6.45, 7) is -0.825. The standard InChI is InChI=1S/C7H15NO7/c8-3(6(13)7(14)15)5(12)4(11)2(10)1-9/h2-6,9-13H,1,8H2,(H,14,15)/t2-,3+,4-,5-,6-/m0/s1. The van der Waals surface area contributed by atoms with Crippen molar-refractivity contribution in [2.45, 2.75) is 30.5 Å². The molecule has 0 bridgehead atoms. The molecule has 0 aromatic carbocycles. The Morgan fingerprint density at radius 1 is 1.13 bits per heavy atom. The molecule has 0 aliphatic heterocycles. The van der Waals surface area contributed by atoms with Gasteiger partial charge in [0.15, 0.2) is 6.10 Å². The van der Waals surface area contributed by atoms with Crippen LogP contribution >= 0.6 is 0 Å². The van der Waals surface area contributed by atoms with E-state index in [4.69, 9.17) is 31.3 Å². The molecule has 8 N–H and O–H groups in total. The Bertz CT molecular complexity index is 212. The van der Waals surface area contributed by atoms with Crippen LogP contribution in [0.5, 0.6) is 0 Å². The van der Waals surface area contributed by atoms with E-state index in [9.17, 15) is 9.90 Å². The molecule has 5 atom stereocenters. The van der Waals surface area contributed by atoms with Gasteiger partial charge in [-0.3, -0.25) is 0 Å². The largest absolute Gasteiger partial charge is 0.479 e. The molecule has 0 aliphatic carbocycles. The molecule has 0 rings (SSSR count). The van der Waals surface area contributed by atoms with Crippen molar-refractivity contribution in [2.24, 2.45) is 5.73 Å². The van der Waals surface area contributed by atoms with Gasteiger partial charge < -0.3 is 36.4 Å². The van der Waals surface area contributed by atoms with Crippen molar-refractivity contribution < 1.29 is 35.4 Å². The molecule has 0 spiro atoms. The van der Waals surface area contributed by atoms with Crippen LogP contribution in [-0.2, 0) is 4.79 Å². The Morgan fingerprint density at radius 2 is 1.60 bits per heavy atom. The molecule has 0 aromatic rings. The Morgan fingerprint density at radius 3 is 1.93 bits per heavy atom. The number of aliphatic hydroxyl groups excluding tert-OH is 5. The van der Waals surface area contributed by atoms with E-state index in [2.05, 4.69) is 0 Å². The van der Waals surface area contributed by atoms with E-state index in [1.165, 1.54) is 0 Å². The minimum Gasteiger partial charge on any atom is -0.479 e. The van der Waals surface area contributed by atoms with Crippen molar-refractivity contribution in [3.63, 3.8) is 0 Å². The van der Waals surface area contributed by atoms with Crippen LogP contribution in [0.25, 0.3) is 0 Å². The number of hydrogen-bond acceptors (Lipinski definition) is 7. The maximum atomic E-state index is 10.3. The van der Waals surface area contributed by atoms with Crippen molar-refractivity contribution in [1.82, 2.24) is 0 Å². The first-order valence-electron chi connectivity index (χ1n) is 4.14. The van der Waals surface area contributed by atoms with Gasteiger partial charge in [0.1, 0.15) is 18.3 Å². The fraction of sp³-hybridized carbons (Fsp3) is 0.857. The van der Waals surface area contributed by atoms with E-state index < -0.39 is 43.0 Å². The maximum absolute atomic E-state index is 10.3. The van der Waals surface area contributed by atoms with Gasteiger partial charge >= 0.3 is 5.97 Å². The number of carbonyl (C=O) groups is 1. The maximum Gasteiger partial charge on any atom is 0.334 e. The fourth-order valence-corrected chi connectivity index (χ4v) is 0.915. The molecule has 0 fully saturated rings. The quantitative estimate of drug-likeness (QED) is 0.239. The summed E-state index contributed by atoms with van der Waals surface area (Å²) >= 11 is 0. The van der Waals surface area contributed by atoms with E-state index in [1.807, 2.05) is 0 Å². The van der Waals surface area contributed by atoms with Crippen LogP contribution in [0.1, 0.15) is 0 Å². The van der Waals surface area contributed by atoms with Gasteiger partial charge in [-0.05, 0) is 0 Å². The molecule has 0 radical (unpaired) electrons. The predicted octanol–water partition coefficient (Wildman–Crippen LogP) is -4.17. The van der Waals surface area contributed by atoms with Crippen molar-refractivity contribution in [3.05, 3.63) is 0 Å². The van der Waals surface area contributed by atoms with E-state index >= 15 is 0 Å². The molecule has 15 heavy (non-hydrogen) atoms. The van der Waals surface area contributed by atoms with Crippen LogP contribution in [0.15, 0.2) is 0 Å². The zero-order chi connectivity index (χ0) is 12.2.